The molecular weight excluding hydrogens is 771 g/mol. The van der Waals surface area contributed by atoms with Crippen LogP contribution in [0.4, 0.5) is 0 Å². The van der Waals surface area contributed by atoms with Gasteiger partial charge in [-0.3, -0.25) is 0 Å². The monoisotopic (exact) mass is 805 g/mol. The van der Waals surface area contributed by atoms with Crippen LogP contribution in [0.5, 0.6) is 0 Å². The third-order valence-corrected chi connectivity index (χ3v) is 12.4. The van der Waals surface area contributed by atoms with Crippen LogP contribution in [0.25, 0.3) is 122 Å². The molecule has 13 rings (SSSR count). The Labute approximate surface area is 361 Å². The minimum Gasteiger partial charge on any atom is -0.453 e. The fourth-order valence-corrected chi connectivity index (χ4v) is 9.57. The second-order valence-electron chi connectivity index (χ2n) is 16.0. The lowest BCUT2D eigenvalue weighted by Crippen LogP contribution is -2.00. The van der Waals surface area contributed by atoms with Gasteiger partial charge in [0.1, 0.15) is 5.58 Å². The van der Waals surface area contributed by atoms with Crippen LogP contribution in [-0.2, 0) is 0 Å². The standard InChI is InChI=1S/C57H35N5O/c1-4-17-36(18-5-1)55-58-56(37-19-6-2-7-20-37)60-57(59-55)39-22-14-21-38(35-39)41-27-15-28-46-47-29-16-32-50(54(47)63-53(41)46)62-49-31-13-11-26-43(49)45-34-33-44-42-25-10-12-30-48(42)61(51(44)52(45)62)40-23-8-3-9-24-40/h1-35H. The Balaban J connectivity index is 1.03. The van der Waals surface area contributed by atoms with Crippen LogP contribution in [0.2, 0.25) is 0 Å². The van der Waals surface area contributed by atoms with Gasteiger partial charge >= 0.3 is 0 Å². The zero-order chi connectivity index (χ0) is 41.4. The van der Waals surface area contributed by atoms with Crippen molar-refractivity contribution in [3.63, 3.8) is 0 Å². The van der Waals surface area contributed by atoms with Crippen molar-refractivity contribution in [1.82, 2.24) is 24.1 Å². The number of nitrogens with zero attached hydrogens (tertiary/aromatic N) is 5. The number of fused-ring (bicyclic) bond motifs is 10. The molecule has 0 spiro atoms. The van der Waals surface area contributed by atoms with Crippen LogP contribution >= 0.6 is 0 Å². The van der Waals surface area contributed by atoms with Crippen molar-refractivity contribution in [3.05, 3.63) is 212 Å². The predicted octanol–water partition coefficient (Wildman–Crippen LogP) is 14.6. The lowest BCUT2D eigenvalue weighted by molar-refractivity contribution is 0.667. The molecule has 0 saturated heterocycles. The molecule has 13 aromatic rings. The van der Waals surface area contributed by atoms with Crippen molar-refractivity contribution in [2.75, 3.05) is 0 Å². The summed E-state index contributed by atoms with van der Waals surface area (Å²) < 4.78 is 12.1. The summed E-state index contributed by atoms with van der Waals surface area (Å²) in [5.41, 5.74) is 13.1. The Morgan fingerprint density at radius 2 is 0.778 bits per heavy atom. The SMILES string of the molecule is c1ccc(-c2nc(-c3ccccc3)nc(-c3cccc(-c4cccc5c4oc4c(-n6c7ccccc7c7ccc8c9ccccc9n(-c9ccccc9)c8c76)cccc45)c3)n2)cc1. The van der Waals surface area contributed by atoms with E-state index < -0.39 is 0 Å². The number of hydrogen-bond acceptors (Lipinski definition) is 4. The highest BCUT2D eigenvalue weighted by atomic mass is 16.3. The van der Waals surface area contributed by atoms with E-state index in [0.29, 0.717) is 17.5 Å². The molecule has 0 N–H and O–H groups in total. The van der Waals surface area contributed by atoms with Crippen molar-refractivity contribution < 1.29 is 4.42 Å². The Morgan fingerprint density at radius 1 is 0.317 bits per heavy atom. The van der Waals surface area contributed by atoms with Crippen LogP contribution in [0.1, 0.15) is 0 Å². The molecule has 9 aromatic carbocycles. The molecule has 0 aliphatic heterocycles. The highest BCUT2D eigenvalue weighted by molar-refractivity contribution is 6.24. The molecule has 0 bridgehead atoms. The minimum atomic E-state index is 0.606. The number of rotatable bonds is 6. The fraction of sp³-hybridized carbons (Fsp3) is 0. The first kappa shape index (κ1) is 35.2. The van der Waals surface area contributed by atoms with Crippen LogP contribution < -0.4 is 0 Å². The molecular formula is C57H35N5O. The number of aromatic nitrogens is 5. The summed E-state index contributed by atoms with van der Waals surface area (Å²) >= 11 is 0. The molecule has 0 radical (unpaired) electrons. The molecule has 6 heteroatoms. The van der Waals surface area contributed by atoms with Crippen molar-refractivity contribution in [1.29, 1.82) is 0 Å². The summed E-state index contributed by atoms with van der Waals surface area (Å²) in [5.74, 6) is 1.86. The molecule has 63 heavy (non-hydrogen) atoms. The molecule has 4 heterocycles. The molecule has 294 valence electrons. The van der Waals surface area contributed by atoms with Gasteiger partial charge in [-0.15, -0.1) is 0 Å². The maximum absolute atomic E-state index is 7.21. The quantitative estimate of drug-likeness (QED) is 0.168. The first-order valence-electron chi connectivity index (χ1n) is 21.2. The number of para-hydroxylation sites is 5. The van der Waals surface area contributed by atoms with Gasteiger partial charge in [-0.1, -0.05) is 176 Å². The normalized spacial score (nSPS) is 11.8. The van der Waals surface area contributed by atoms with Gasteiger partial charge in [0.15, 0.2) is 23.1 Å². The highest BCUT2D eigenvalue weighted by Gasteiger charge is 2.24. The molecule has 4 aromatic heterocycles. The zero-order valence-corrected chi connectivity index (χ0v) is 33.9. The topological polar surface area (TPSA) is 61.7 Å². The smallest absolute Gasteiger partial charge is 0.164 e. The summed E-state index contributed by atoms with van der Waals surface area (Å²) in [4.78, 5) is 15.0. The van der Waals surface area contributed by atoms with Gasteiger partial charge in [0.05, 0.1) is 27.8 Å². The summed E-state index contributed by atoms with van der Waals surface area (Å²) in [7, 11) is 0. The minimum absolute atomic E-state index is 0.606. The predicted molar refractivity (Wildman–Crippen MR) is 258 cm³/mol. The molecule has 6 nitrogen and oxygen atoms in total. The van der Waals surface area contributed by atoms with Crippen LogP contribution in [-0.4, -0.2) is 24.1 Å². The van der Waals surface area contributed by atoms with Crippen molar-refractivity contribution in [2.24, 2.45) is 0 Å². The van der Waals surface area contributed by atoms with E-state index >= 15 is 0 Å². The van der Waals surface area contributed by atoms with Crippen LogP contribution in [0.3, 0.4) is 0 Å². The van der Waals surface area contributed by atoms with E-state index in [1.807, 2.05) is 60.7 Å². The van der Waals surface area contributed by atoms with E-state index in [1.54, 1.807) is 0 Å². The van der Waals surface area contributed by atoms with Gasteiger partial charge in [-0.05, 0) is 42.0 Å². The number of hydrogen-bond donors (Lipinski definition) is 0. The Bertz CT molecular complexity index is 3850. The number of benzene rings is 9. The lowest BCUT2D eigenvalue weighted by atomic mass is 10.00. The Morgan fingerprint density at radius 3 is 1.43 bits per heavy atom. The van der Waals surface area contributed by atoms with Crippen LogP contribution in [0, 0.1) is 0 Å². The summed E-state index contributed by atoms with van der Waals surface area (Å²) in [5, 5.41) is 6.90. The third kappa shape index (κ3) is 5.48. The van der Waals surface area contributed by atoms with E-state index in [2.05, 4.69) is 161 Å². The van der Waals surface area contributed by atoms with Gasteiger partial charge in [0.2, 0.25) is 0 Å². The largest absolute Gasteiger partial charge is 0.453 e. The maximum atomic E-state index is 7.21. The second kappa shape index (κ2) is 14.0. The second-order valence-corrected chi connectivity index (χ2v) is 16.0. The highest BCUT2D eigenvalue weighted by Crippen LogP contribution is 2.45. The molecule has 0 aliphatic rings. The number of furan rings is 1. The van der Waals surface area contributed by atoms with E-state index in [9.17, 15) is 0 Å². The maximum Gasteiger partial charge on any atom is 0.164 e. The first-order valence-corrected chi connectivity index (χ1v) is 21.2. The van der Waals surface area contributed by atoms with Crippen molar-refractivity contribution in [3.8, 4) is 56.7 Å². The molecule has 0 aliphatic carbocycles. The zero-order valence-electron chi connectivity index (χ0n) is 33.9. The third-order valence-electron chi connectivity index (χ3n) is 12.4. The average molecular weight is 806 g/mol. The molecule has 0 amide bonds. The van der Waals surface area contributed by atoms with E-state index in [-0.39, 0.29) is 0 Å². The lowest BCUT2D eigenvalue weighted by Gasteiger charge is -2.12. The van der Waals surface area contributed by atoms with Crippen LogP contribution in [0.15, 0.2) is 217 Å². The van der Waals surface area contributed by atoms with Gasteiger partial charge in [-0.25, -0.2) is 15.0 Å². The van der Waals surface area contributed by atoms with E-state index in [4.69, 9.17) is 19.4 Å². The summed E-state index contributed by atoms with van der Waals surface area (Å²) in [6, 6.07) is 74.3. The van der Waals surface area contributed by atoms with Crippen molar-refractivity contribution >= 4 is 65.6 Å². The van der Waals surface area contributed by atoms with Gasteiger partial charge in [0, 0.05) is 60.3 Å². The van der Waals surface area contributed by atoms with Gasteiger partial charge in [0.25, 0.3) is 0 Å². The Hall–Kier alpha value is -8.61. The summed E-state index contributed by atoms with van der Waals surface area (Å²) in [6.45, 7) is 0. The van der Waals surface area contributed by atoms with Gasteiger partial charge < -0.3 is 13.6 Å². The fourth-order valence-electron chi connectivity index (χ4n) is 9.57. The Kier molecular flexibility index (Phi) is 7.80. The molecule has 0 atom stereocenters. The van der Waals surface area contributed by atoms with E-state index in [0.717, 1.165) is 77.7 Å². The first-order chi connectivity index (χ1) is 31.3. The molecule has 0 saturated carbocycles. The van der Waals surface area contributed by atoms with Crippen molar-refractivity contribution in [2.45, 2.75) is 0 Å². The van der Waals surface area contributed by atoms with E-state index in [1.165, 1.54) is 27.1 Å². The summed E-state index contributed by atoms with van der Waals surface area (Å²) in [6.07, 6.45) is 0. The molecule has 0 unspecified atom stereocenters. The average Bonchev–Trinajstić information content (AvgIpc) is 4.03. The molecule has 0 fully saturated rings. The van der Waals surface area contributed by atoms with Gasteiger partial charge in [-0.2, -0.15) is 0 Å².